The highest BCUT2D eigenvalue weighted by Crippen LogP contribution is 2.24. The zero-order valence-corrected chi connectivity index (χ0v) is 9.19. The molecule has 0 aliphatic heterocycles. The van der Waals surface area contributed by atoms with Gasteiger partial charge < -0.3 is 11.5 Å². The summed E-state index contributed by atoms with van der Waals surface area (Å²) < 4.78 is 1.73. The number of carbonyl (C=O) groups excluding carboxylic acids is 1. The lowest BCUT2D eigenvalue weighted by atomic mass is 10.1. The van der Waals surface area contributed by atoms with Crippen LogP contribution in [0, 0.1) is 6.92 Å². The van der Waals surface area contributed by atoms with Gasteiger partial charge in [0.15, 0.2) is 5.65 Å². The number of nitrogen functional groups attached to an aromatic ring is 1. The van der Waals surface area contributed by atoms with Crippen LogP contribution < -0.4 is 11.5 Å². The number of hydrogen-bond acceptors (Lipinski definition) is 4. The minimum atomic E-state index is -0.561. The molecule has 0 radical (unpaired) electrons. The van der Waals surface area contributed by atoms with Crippen molar-refractivity contribution < 1.29 is 4.79 Å². The SMILES string of the molecule is CCn1ncc2c(N)c(C(N)=O)c(C)nc21. The zero-order valence-electron chi connectivity index (χ0n) is 9.19. The summed E-state index contributed by atoms with van der Waals surface area (Å²) in [5.41, 5.74) is 13.0. The maximum atomic E-state index is 11.2. The maximum Gasteiger partial charge on any atom is 0.252 e. The van der Waals surface area contributed by atoms with E-state index in [1.807, 2.05) is 6.92 Å². The van der Waals surface area contributed by atoms with Crippen molar-refractivity contribution in [2.24, 2.45) is 5.73 Å². The summed E-state index contributed by atoms with van der Waals surface area (Å²) in [6.45, 7) is 4.37. The van der Waals surface area contributed by atoms with E-state index in [9.17, 15) is 4.79 Å². The number of nitrogens with two attached hydrogens (primary N) is 2. The Bertz CT molecular complexity index is 572. The van der Waals surface area contributed by atoms with E-state index < -0.39 is 5.91 Å². The lowest BCUT2D eigenvalue weighted by Crippen LogP contribution is -2.16. The Labute approximate surface area is 92.2 Å². The van der Waals surface area contributed by atoms with Gasteiger partial charge in [-0.05, 0) is 13.8 Å². The molecule has 6 heteroatoms. The molecule has 0 aromatic carbocycles. The van der Waals surface area contributed by atoms with E-state index in [-0.39, 0.29) is 5.56 Å². The summed E-state index contributed by atoms with van der Waals surface area (Å²) in [6, 6.07) is 0. The number of fused-ring (bicyclic) bond motifs is 1. The number of nitrogens with zero attached hydrogens (tertiary/aromatic N) is 3. The summed E-state index contributed by atoms with van der Waals surface area (Å²) in [5.74, 6) is -0.561. The first kappa shape index (κ1) is 10.4. The van der Waals surface area contributed by atoms with Gasteiger partial charge in [0.05, 0.1) is 28.5 Å². The quantitative estimate of drug-likeness (QED) is 0.765. The molecule has 0 saturated carbocycles. The normalized spacial score (nSPS) is 10.9. The number of amides is 1. The van der Waals surface area contributed by atoms with Crippen molar-refractivity contribution in [2.75, 3.05) is 5.73 Å². The highest BCUT2D eigenvalue weighted by Gasteiger charge is 2.16. The molecule has 2 aromatic rings. The largest absolute Gasteiger partial charge is 0.397 e. The molecule has 1 amide bonds. The summed E-state index contributed by atoms with van der Waals surface area (Å²) >= 11 is 0. The van der Waals surface area contributed by atoms with Crippen LogP contribution in [-0.4, -0.2) is 20.7 Å². The minimum absolute atomic E-state index is 0.281. The Morgan fingerprint density at radius 2 is 2.25 bits per heavy atom. The van der Waals surface area contributed by atoms with Gasteiger partial charge in [-0.25, -0.2) is 9.67 Å². The van der Waals surface area contributed by atoms with Crippen molar-refractivity contribution in [3.8, 4) is 0 Å². The first-order valence-electron chi connectivity index (χ1n) is 4.97. The van der Waals surface area contributed by atoms with Gasteiger partial charge in [-0.15, -0.1) is 0 Å². The Balaban J connectivity index is 2.85. The molecular weight excluding hydrogens is 206 g/mol. The molecule has 2 rings (SSSR count). The predicted molar refractivity (Wildman–Crippen MR) is 60.9 cm³/mol. The molecule has 2 aromatic heterocycles. The second kappa shape index (κ2) is 3.48. The molecule has 6 nitrogen and oxygen atoms in total. The summed E-state index contributed by atoms with van der Waals surface area (Å²) in [6.07, 6.45) is 1.60. The molecule has 0 aliphatic carbocycles. The molecule has 16 heavy (non-hydrogen) atoms. The molecule has 2 heterocycles. The number of hydrogen-bond donors (Lipinski definition) is 2. The van der Waals surface area contributed by atoms with Crippen molar-refractivity contribution >= 4 is 22.6 Å². The second-order valence-corrected chi connectivity index (χ2v) is 3.55. The molecule has 0 saturated heterocycles. The van der Waals surface area contributed by atoms with Gasteiger partial charge >= 0.3 is 0 Å². The number of rotatable bonds is 2. The standard InChI is InChI=1S/C10H13N5O/c1-3-15-10-6(4-13-15)8(11)7(9(12)16)5(2)14-10/h4H,3H2,1-2H3,(H2,11,14)(H2,12,16). The van der Waals surface area contributed by atoms with Gasteiger partial charge in [0.25, 0.3) is 5.91 Å². The van der Waals surface area contributed by atoms with Gasteiger partial charge in [0, 0.05) is 6.54 Å². The third kappa shape index (κ3) is 1.30. The minimum Gasteiger partial charge on any atom is -0.397 e. The average Bonchev–Trinajstić information content (AvgIpc) is 2.60. The van der Waals surface area contributed by atoms with Crippen LogP contribution in [0.15, 0.2) is 6.20 Å². The predicted octanol–water partition coefficient (Wildman–Crippen LogP) is 0.441. The number of aryl methyl sites for hydroxylation is 2. The average molecular weight is 219 g/mol. The summed E-state index contributed by atoms with van der Waals surface area (Å²) in [4.78, 5) is 15.5. The molecule has 4 N–H and O–H groups in total. The smallest absolute Gasteiger partial charge is 0.252 e. The van der Waals surface area contributed by atoms with Crippen LogP contribution >= 0.6 is 0 Å². The molecular formula is C10H13N5O. The summed E-state index contributed by atoms with van der Waals surface area (Å²) in [7, 11) is 0. The number of aromatic nitrogens is 3. The van der Waals surface area contributed by atoms with Crippen molar-refractivity contribution in [3.05, 3.63) is 17.5 Å². The highest BCUT2D eigenvalue weighted by molar-refractivity contribution is 6.06. The van der Waals surface area contributed by atoms with Gasteiger partial charge in [0.1, 0.15) is 0 Å². The summed E-state index contributed by atoms with van der Waals surface area (Å²) in [5, 5.41) is 4.81. The van der Waals surface area contributed by atoms with Gasteiger partial charge in [-0.2, -0.15) is 5.10 Å². The van der Waals surface area contributed by atoms with E-state index in [1.54, 1.807) is 17.8 Å². The number of carbonyl (C=O) groups is 1. The third-order valence-corrected chi connectivity index (χ3v) is 2.55. The van der Waals surface area contributed by atoms with Gasteiger partial charge in [-0.1, -0.05) is 0 Å². The molecule has 0 spiro atoms. The van der Waals surface area contributed by atoms with E-state index in [0.29, 0.717) is 29.0 Å². The van der Waals surface area contributed by atoms with Crippen molar-refractivity contribution in [3.63, 3.8) is 0 Å². The topological polar surface area (TPSA) is 99.8 Å². The van der Waals surface area contributed by atoms with Crippen LogP contribution in [0.1, 0.15) is 23.0 Å². The van der Waals surface area contributed by atoms with Crippen LogP contribution in [-0.2, 0) is 6.54 Å². The zero-order chi connectivity index (χ0) is 11.9. The van der Waals surface area contributed by atoms with E-state index in [2.05, 4.69) is 10.1 Å². The maximum absolute atomic E-state index is 11.2. The van der Waals surface area contributed by atoms with Gasteiger partial charge in [-0.3, -0.25) is 4.79 Å². The Hall–Kier alpha value is -2.11. The van der Waals surface area contributed by atoms with E-state index in [0.717, 1.165) is 0 Å². The van der Waals surface area contributed by atoms with Gasteiger partial charge in [0.2, 0.25) is 0 Å². The Kier molecular flexibility index (Phi) is 2.26. The number of anilines is 1. The van der Waals surface area contributed by atoms with E-state index >= 15 is 0 Å². The molecule has 84 valence electrons. The Morgan fingerprint density at radius 1 is 1.56 bits per heavy atom. The van der Waals surface area contributed by atoms with Crippen molar-refractivity contribution in [2.45, 2.75) is 20.4 Å². The van der Waals surface area contributed by atoms with E-state index in [4.69, 9.17) is 11.5 Å². The van der Waals surface area contributed by atoms with Crippen LogP contribution in [0.2, 0.25) is 0 Å². The lowest BCUT2D eigenvalue weighted by molar-refractivity contribution is 0.100. The highest BCUT2D eigenvalue weighted by atomic mass is 16.1. The monoisotopic (exact) mass is 219 g/mol. The fraction of sp³-hybridized carbons (Fsp3) is 0.300. The van der Waals surface area contributed by atoms with Crippen molar-refractivity contribution in [1.29, 1.82) is 0 Å². The fourth-order valence-electron chi connectivity index (χ4n) is 1.77. The van der Waals surface area contributed by atoms with Crippen LogP contribution in [0.4, 0.5) is 5.69 Å². The van der Waals surface area contributed by atoms with Crippen LogP contribution in [0.25, 0.3) is 11.0 Å². The molecule has 0 aliphatic rings. The van der Waals surface area contributed by atoms with E-state index in [1.165, 1.54) is 0 Å². The molecule has 0 fully saturated rings. The lowest BCUT2D eigenvalue weighted by Gasteiger charge is -2.07. The van der Waals surface area contributed by atoms with Crippen LogP contribution in [0.5, 0.6) is 0 Å². The molecule has 0 unspecified atom stereocenters. The first-order valence-corrected chi connectivity index (χ1v) is 4.97. The van der Waals surface area contributed by atoms with Crippen molar-refractivity contribution in [1.82, 2.24) is 14.8 Å². The van der Waals surface area contributed by atoms with Crippen LogP contribution in [0.3, 0.4) is 0 Å². The molecule has 0 bridgehead atoms. The number of primary amides is 1. The Morgan fingerprint density at radius 3 is 2.81 bits per heavy atom. The fourth-order valence-corrected chi connectivity index (χ4v) is 1.77. The molecule has 0 atom stereocenters. The first-order chi connectivity index (χ1) is 7.56. The second-order valence-electron chi connectivity index (χ2n) is 3.55. The number of pyridine rings is 1. The third-order valence-electron chi connectivity index (χ3n) is 2.55.